The van der Waals surface area contributed by atoms with Crippen LogP contribution in [0.2, 0.25) is 0 Å². The van der Waals surface area contributed by atoms with Gasteiger partial charge in [-0.15, -0.1) is 0 Å². The highest BCUT2D eigenvalue weighted by atomic mass is 15.2. The summed E-state index contributed by atoms with van der Waals surface area (Å²) in [5.41, 5.74) is 6.65. The number of rotatable bonds is 12. The molecule has 0 atom stereocenters. The van der Waals surface area contributed by atoms with Crippen LogP contribution in [0.4, 0.5) is 5.69 Å². The molecule has 5 heteroatoms. The predicted molar refractivity (Wildman–Crippen MR) is 138 cm³/mol. The lowest BCUT2D eigenvalue weighted by Gasteiger charge is -2.34. The highest BCUT2D eigenvalue weighted by Gasteiger charge is 2.25. The fourth-order valence-electron chi connectivity index (χ4n) is 4.27. The van der Waals surface area contributed by atoms with Crippen molar-refractivity contribution in [3.63, 3.8) is 0 Å². The standard InChI is InChI=1S/C28H37N5/c1-21(2)30-14-15-31-22(3)19-33(27-12-10-24(18-29)11-13-27)20-23(4)32(5)28-16-25-8-6-7-9-26(25)17-28/h6-13,21,28,30-31H,3-4,14-17,19-20H2,1-2,5H3. The van der Waals surface area contributed by atoms with E-state index in [1.807, 2.05) is 24.3 Å². The van der Waals surface area contributed by atoms with Crippen LogP contribution in [-0.2, 0) is 12.8 Å². The van der Waals surface area contributed by atoms with Crippen LogP contribution < -0.4 is 15.5 Å². The van der Waals surface area contributed by atoms with Gasteiger partial charge in [0.1, 0.15) is 0 Å². The number of hydrogen-bond donors (Lipinski definition) is 2. The van der Waals surface area contributed by atoms with E-state index < -0.39 is 0 Å². The van der Waals surface area contributed by atoms with Gasteiger partial charge in [0, 0.05) is 49.3 Å². The highest BCUT2D eigenvalue weighted by Crippen LogP contribution is 2.27. The molecule has 0 unspecified atom stereocenters. The number of likely N-dealkylation sites (N-methyl/N-ethyl adjacent to an activating group) is 1. The summed E-state index contributed by atoms with van der Waals surface area (Å²) in [5, 5.41) is 16.0. The molecule has 5 nitrogen and oxygen atoms in total. The minimum atomic E-state index is 0.432. The van der Waals surface area contributed by atoms with Crippen LogP contribution in [0.15, 0.2) is 73.1 Å². The maximum absolute atomic E-state index is 9.17. The van der Waals surface area contributed by atoms with E-state index in [-0.39, 0.29) is 0 Å². The van der Waals surface area contributed by atoms with E-state index in [9.17, 15) is 5.26 Å². The molecule has 2 N–H and O–H groups in total. The maximum atomic E-state index is 9.17. The first-order chi connectivity index (χ1) is 15.9. The lowest BCUT2D eigenvalue weighted by molar-refractivity contribution is 0.309. The lowest BCUT2D eigenvalue weighted by Crippen LogP contribution is -2.39. The second-order valence-electron chi connectivity index (χ2n) is 9.16. The topological polar surface area (TPSA) is 54.3 Å². The molecular formula is C28H37N5. The molecule has 2 aromatic rings. The van der Waals surface area contributed by atoms with Crippen molar-refractivity contribution in [2.45, 2.75) is 38.8 Å². The molecule has 33 heavy (non-hydrogen) atoms. The third-order valence-electron chi connectivity index (χ3n) is 6.25. The van der Waals surface area contributed by atoms with Gasteiger partial charge >= 0.3 is 0 Å². The molecule has 0 amide bonds. The minimum absolute atomic E-state index is 0.432. The van der Waals surface area contributed by atoms with Gasteiger partial charge in [-0.3, -0.25) is 0 Å². The Hall–Kier alpha value is -3.23. The van der Waals surface area contributed by atoms with Gasteiger partial charge in [-0.05, 0) is 48.2 Å². The van der Waals surface area contributed by atoms with Crippen LogP contribution in [-0.4, -0.2) is 50.2 Å². The normalized spacial score (nSPS) is 12.8. The van der Waals surface area contributed by atoms with E-state index in [0.717, 1.165) is 43.0 Å². The summed E-state index contributed by atoms with van der Waals surface area (Å²) in [6.45, 7) is 16.1. The molecule has 0 saturated carbocycles. The highest BCUT2D eigenvalue weighted by molar-refractivity contribution is 5.51. The zero-order valence-corrected chi connectivity index (χ0v) is 20.3. The molecule has 174 valence electrons. The van der Waals surface area contributed by atoms with Crippen molar-refractivity contribution in [2.75, 3.05) is 38.1 Å². The quantitative estimate of drug-likeness (QED) is 0.484. The summed E-state index contributed by atoms with van der Waals surface area (Å²) < 4.78 is 0. The SMILES string of the molecule is C=C(CN(CC(=C)N(C)C1Cc2ccccc2C1)c1ccc(C#N)cc1)NCCNC(C)C. The van der Waals surface area contributed by atoms with E-state index in [1.165, 1.54) is 11.1 Å². The van der Waals surface area contributed by atoms with Gasteiger partial charge in [0.2, 0.25) is 0 Å². The Bertz CT molecular complexity index is 961. The van der Waals surface area contributed by atoms with E-state index in [2.05, 4.69) is 84.8 Å². The van der Waals surface area contributed by atoms with Crippen LogP contribution in [0, 0.1) is 11.3 Å². The van der Waals surface area contributed by atoms with E-state index in [4.69, 9.17) is 0 Å². The van der Waals surface area contributed by atoms with Crippen LogP contribution in [0.25, 0.3) is 0 Å². The Labute approximate surface area is 199 Å². The molecule has 0 aromatic heterocycles. The van der Waals surface area contributed by atoms with Crippen LogP contribution in [0.1, 0.15) is 30.5 Å². The second kappa shape index (κ2) is 11.6. The van der Waals surface area contributed by atoms with Crippen molar-refractivity contribution < 1.29 is 0 Å². The van der Waals surface area contributed by atoms with Gasteiger partial charge in [-0.1, -0.05) is 51.3 Å². The van der Waals surface area contributed by atoms with Gasteiger partial charge in [0.05, 0.1) is 24.7 Å². The van der Waals surface area contributed by atoms with Crippen molar-refractivity contribution in [1.29, 1.82) is 5.26 Å². The van der Waals surface area contributed by atoms with Crippen molar-refractivity contribution >= 4 is 5.69 Å². The van der Waals surface area contributed by atoms with Crippen molar-refractivity contribution in [2.24, 2.45) is 0 Å². The van der Waals surface area contributed by atoms with E-state index >= 15 is 0 Å². The van der Waals surface area contributed by atoms with Gasteiger partial charge < -0.3 is 20.4 Å². The van der Waals surface area contributed by atoms with Gasteiger partial charge in [0.25, 0.3) is 0 Å². The number of fused-ring (bicyclic) bond motifs is 1. The smallest absolute Gasteiger partial charge is 0.0991 e. The van der Waals surface area contributed by atoms with Gasteiger partial charge in [0.15, 0.2) is 0 Å². The Kier molecular flexibility index (Phi) is 8.57. The minimum Gasteiger partial charge on any atom is -0.386 e. The Morgan fingerprint density at radius 3 is 2.24 bits per heavy atom. The molecule has 0 saturated heterocycles. The summed E-state index contributed by atoms with van der Waals surface area (Å²) in [6.07, 6.45) is 2.11. The number of nitrogens with zero attached hydrogens (tertiary/aromatic N) is 3. The first-order valence-electron chi connectivity index (χ1n) is 11.7. The third kappa shape index (κ3) is 6.87. The van der Waals surface area contributed by atoms with Crippen molar-refractivity contribution in [3.8, 4) is 6.07 Å². The van der Waals surface area contributed by atoms with E-state index in [0.29, 0.717) is 30.7 Å². The fraction of sp³-hybridized carbons (Fsp3) is 0.393. The summed E-state index contributed by atoms with van der Waals surface area (Å²) in [6, 6.07) is 19.6. The molecule has 0 fully saturated rings. The van der Waals surface area contributed by atoms with Crippen LogP contribution in [0.3, 0.4) is 0 Å². The maximum Gasteiger partial charge on any atom is 0.0991 e. The molecule has 0 aliphatic heterocycles. The first kappa shape index (κ1) is 24.4. The zero-order chi connectivity index (χ0) is 23.8. The Morgan fingerprint density at radius 1 is 1.03 bits per heavy atom. The largest absolute Gasteiger partial charge is 0.386 e. The Balaban J connectivity index is 1.64. The number of benzene rings is 2. The average molecular weight is 444 g/mol. The molecule has 1 aliphatic rings. The predicted octanol–water partition coefficient (Wildman–Crippen LogP) is 4.08. The molecule has 0 heterocycles. The second-order valence-corrected chi connectivity index (χ2v) is 9.16. The fourth-order valence-corrected chi connectivity index (χ4v) is 4.27. The molecule has 2 aromatic carbocycles. The summed E-state index contributed by atoms with van der Waals surface area (Å²) in [7, 11) is 2.15. The van der Waals surface area contributed by atoms with Crippen molar-refractivity contribution in [1.82, 2.24) is 15.5 Å². The molecule has 3 rings (SSSR count). The van der Waals surface area contributed by atoms with E-state index in [1.54, 1.807) is 0 Å². The average Bonchev–Trinajstić information content (AvgIpc) is 3.25. The number of nitrogens with one attached hydrogen (secondary N) is 2. The van der Waals surface area contributed by atoms with Gasteiger partial charge in [-0.25, -0.2) is 0 Å². The van der Waals surface area contributed by atoms with Crippen LogP contribution >= 0.6 is 0 Å². The molecule has 0 spiro atoms. The zero-order valence-electron chi connectivity index (χ0n) is 20.3. The third-order valence-corrected chi connectivity index (χ3v) is 6.25. The number of anilines is 1. The number of hydrogen-bond acceptors (Lipinski definition) is 5. The summed E-state index contributed by atoms with van der Waals surface area (Å²) >= 11 is 0. The molecule has 0 bridgehead atoms. The van der Waals surface area contributed by atoms with Gasteiger partial charge in [-0.2, -0.15) is 5.26 Å². The lowest BCUT2D eigenvalue weighted by atomic mass is 10.1. The monoisotopic (exact) mass is 443 g/mol. The molecule has 1 aliphatic carbocycles. The Morgan fingerprint density at radius 2 is 1.67 bits per heavy atom. The first-order valence-corrected chi connectivity index (χ1v) is 11.7. The molecular weight excluding hydrogens is 406 g/mol. The summed E-state index contributed by atoms with van der Waals surface area (Å²) in [5.74, 6) is 0. The number of nitriles is 1. The van der Waals surface area contributed by atoms with Crippen LogP contribution in [0.5, 0.6) is 0 Å². The summed E-state index contributed by atoms with van der Waals surface area (Å²) in [4.78, 5) is 4.60. The molecule has 0 radical (unpaired) electrons. The van der Waals surface area contributed by atoms with Crippen molar-refractivity contribution in [3.05, 3.63) is 89.8 Å².